The zero-order valence-electron chi connectivity index (χ0n) is 6.18. The van der Waals surface area contributed by atoms with Gasteiger partial charge in [0, 0.05) is 30.2 Å². The van der Waals surface area contributed by atoms with Gasteiger partial charge in [-0.2, -0.15) is 0 Å². The maximum absolute atomic E-state index is 4.17. The minimum Gasteiger partial charge on any atom is -0.258 e. The molecular formula is C7H9LiN. The number of rotatable bonds is 0. The summed E-state index contributed by atoms with van der Waals surface area (Å²) in [4.78, 5) is 4.17. The van der Waals surface area contributed by atoms with Crippen molar-refractivity contribution in [2.24, 2.45) is 0 Å². The van der Waals surface area contributed by atoms with Crippen molar-refractivity contribution in [2.45, 2.75) is 13.8 Å². The molecule has 0 aliphatic heterocycles. The molecule has 0 atom stereocenters. The average molecular weight is 114 g/mol. The molecule has 0 saturated carbocycles. The van der Waals surface area contributed by atoms with Crippen LogP contribution >= 0.6 is 0 Å². The van der Waals surface area contributed by atoms with Crippen LogP contribution in [0, 0.1) is 13.8 Å². The van der Waals surface area contributed by atoms with Crippen molar-refractivity contribution >= 4 is 18.9 Å². The Bertz CT molecular complexity index is 169. The largest absolute Gasteiger partial charge is 0.258 e. The van der Waals surface area contributed by atoms with Crippen molar-refractivity contribution in [3.8, 4) is 0 Å². The molecule has 0 N–H and O–H groups in total. The Labute approximate surface area is 67.7 Å². The Kier molecular flexibility index (Phi) is 3.61. The number of hydrogen-bond acceptors (Lipinski definition) is 1. The van der Waals surface area contributed by atoms with Gasteiger partial charge >= 0.3 is 0 Å². The topological polar surface area (TPSA) is 12.9 Å². The van der Waals surface area contributed by atoms with E-state index in [-0.39, 0.29) is 18.9 Å². The van der Waals surface area contributed by atoms with Gasteiger partial charge in [-0.05, 0) is 26.0 Å². The third-order valence-corrected chi connectivity index (χ3v) is 1.03. The molecule has 1 nitrogen and oxygen atoms in total. The minimum absolute atomic E-state index is 0. The summed E-state index contributed by atoms with van der Waals surface area (Å²) >= 11 is 0. The number of nitrogens with zero attached hydrogens (tertiary/aromatic N) is 1. The van der Waals surface area contributed by atoms with Crippen LogP contribution in [0.3, 0.4) is 0 Å². The van der Waals surface area contributed by atoms with Gasteiger partial charge in [-0.25, -0.2) is 0 Å². The second-order valence-electron chi connectivity index (χ2n) is 1.92. The summed E-state index contributed by atoms with van der Waals surface area (Å²) in [6, 6.07) is 6.00. The first-order valence-corrected chi connectivity index (χ1v) is 2.69. The van der Waals surface area contributed by atoms with Gasteiger partial charge in [0.15, 0.2) is 0 Å². The molecule has 0 unspecified atom stereocenters. The van der Waals surface area contributed by atoms with Crippen LogP contribution < -0.4 is 0 Å². The molecule has 0 spiro atoms. The fraction of sp³-hybridized carbons (Fsp3) is 0.286. The van der Waals surface area contributed by atoms with E-state index in [1.165, 1.54) is 0 Å². The Morgan fingerprint density at radius 1 is 1.11 bits per heavy atom. The van der Waals surface area contributed by atoms with E-state index < -0.39 is 0 Å². The quantitative estimate of drug-likeness (QED) is 0.463. The Morgan fingerprint density at radius 2 is 1.56 bits per heavy atom. The summed E-state index contributed by atoms with van der Waals surface area (Å²) in [5.41, 5.74) is 2.18. The fourth-order valence-corrected chi connectivity index (χ4v) is 0.679. The van der Waals surface area contributed by atoms with E-state index in [4.69, 9.17) is 0 Å². The van der Waals surface area contributed by atoms with Crippen molar-refractivity contribution in [3.63, 3.8) is 0 Å². The second kappa shape index (κ2) is 3.71. The molecule has 9 heavy (non-hydrogen) atoms. The van der Waals surface area contributed by atoms with Crippen molar-refractivity contribution < 1.29 is 0 Å². The Morgan fingerprint density at radius 3 is 1.78 bits per heavy atom. The zero-order valence-corrected chi connectivity index (χ0v) is 6.18. The summed E-state index contributed by atoms with van der Waals surface area (Å²) in [5.74, 6) is 0. The first kappa shape index (κ1) is 8.75. The molecule has 1 aromatic rings. The van der Waals surface area contributed by atoms with Crippen LogP contribution in [0.1, 0.15) is 11.4 Å². The predicted molar refractivity (Wildman–Crippen MR) is 39.5 cm³/mol. The summed E-state index contributed by atoms with van der Waals surface area (Å²) < 4.78 is 0. The van der Waals surface area contributed by atoms with Gasteiger partial charge < -0.3 is 0 Å². The molecule has 0 aliphatic carbocycles. The van der Waals surface area contributed by atoms with Crippen LogP contribution in [0.5, 0.6) is 0 Å². The molecule has 1 heterocycles. The van der Waals surface area contributed by atoms with E-state index in [9.17, 15) is 0 Å². The first-order chi connectivity index (χ1) is 3.79. The number of aromatic nitrogens is 1. The minimum atomic E-state index is 0. The zero-order chi connectivity index (χ0) is 5.98. The van der Waals surface area contributed by atoms with Gasteiger partial charge in [-0.1, -0.05) is 6.07 Å². The van der Waals surface area contributed by atoms with Gasteiger partial charge in [-0.3, -0.25) is 4.98 Å². The van der Waals surface area contributed by atoms with Crippen molar-refractivity contribution in [2.75, 3.05) is 0 Å². The monoisotopic (exact) mass is 114 g/mol. The van der Waals surface area contributed by atoms with Crippen LogP contribution in [0.2, 0.25) is 0 Å². The fourth-order valence-electron chi connectivity index (χ4n) is 0.679. The molecule has 2 heteroatoms. The van der Waals surface area contributed by atoms with E-state index >= 15 is 0 Å². The molecular weight excluding hydrogens is 105 g/mol. The van der Waals surface area contributed by atoms with Crippen LogP contribution in [-0.4, -0.2) is 23.8 Å². The molecule has 0 amide bonds. The van der Waals surface area contributed by atoms with Gasteiger partial charge in [0.05, 0.1) is 0 Å². The van der Waals surface area contributed by atoms with Gasteiger partial charge in [-0.15, -0.1) is 0 Å². The third kappa shape index (κ3) is 2.69. The number of aryl methyl sites for hydroxylation is 2. The number of pyridine rings is 1. The van der Waals surface area contributed by atoms with E-state index in [1.807, 2.05) is 32.0 Å². The molecule has 0 aromatic carbocycles. The van der Waals surface area contributed by atoms with Gasteiger partial charge in [0.2, 0.25) is 0 Å². The molecule has 1 aromatic heterocycles. The molecule has 1 rings (SSSR count). The van der Waals surface area contributed by atoms with Crippen molar-refractivity contribution in [1.82, 2.24) is 4.98 Å². The van der Waals surface area contributed by atoms with E-state index in [0.29, 0.717) is 0 Å². The van der Waals surface area contributed by atoms with Crippen LogP contribution in [0.25, 0.3) is 0 Å². The summed E-state index contributed by atoms with van der Waals surface area (Å²) in [5, 5.41) is 0. The standard InChI is InChI=1S/C7H9N.Li/c1-6-4-3-5-7(2)8-6;/h3-5H,1-2H3;. The molecule has 0 saturated heterocycles. The maximum Gasteiger partial charge on any atom is 0.0375 e. The SMILES string of the molecule is Cc1cccc(C)n1.[Li]. The predicted octanol–water partition coefficient (Wildman–Crippen LogP) is 1.32. The first-order valence-electron chi connectivity index (χ1n) is 2.69. The number of hydrogen-bond donors (Lipinski definition) is 0. The Balaban J connectivity index is 0.000000640. The summed E-state index contributed by atoms with van der Waals surface area (Å²) in [6.45, 7) is 3.99. The maximum atomic E-state index is 4.17. The summed E-state index contributed by atoms with van der Waals surface area (Å²) in [6.07, 6.45) is 0. The average Bonchev–Trinajstić information content (AvgIpc) is 1.64. The second-order valence-corrected chi connectivity index (χ2v) is 1.92. The van der Waals surface area contributed by atoms with Crippen molar-refractivity contribution in [3.05, 3.63) is 29.6 Å². The van der Waals surface area contributed by atoms with Crippen LogP contribution in [-0.2, 0) is 0 Å². The van der Waals surface area contributed by atoms with Gasteiger partial charge in [0.25, 0.3) is 0 Å². The van der Waals surface area contributed by atoms with E-state index in [1.54, 1.807) is 0 Å². The molecule has 0 aliphatic rings. The normalized spacial score (nSPS) is 8.22. The van der Waals surface area contributed by atoms with Gasteiger partial charge in [0.1, 0.15) is 0 Å². The smallest absolute Gasteiger partial charge is 0.0375 e. The third-order valence-electron chi connectivity index (χ3n) is 1.03. The molecule has 0 bridgehead atoms. The van der Waals surface area contributed by atoms with E-state index in [2.05, 4.69) is 4.98 Å². The van der Waals surface area contributed by atoms with E-state index in [0.717, 1.165) is 11.4 Å². The molecule has 1 radical (unpaired) electrons. The van der Waals surface area contributed by atoms with Crippen LogP contribution in [0.15, 0.2) is 18.2 Å². The molecule has 0 fully saturated rings. The van der Waals surface area contributed by atoms with Crippen LogP contribution in [0.4, 0.5) is 0 Å². The summed E-state index contributed by atoms with van der Waals surface area (Å²) in [7, 11) is 0. The Hall–Kier alpha value is -0.253. The van der Waals surface area contributed by atoms with Crippen molar-refractivity contribution in [1.29, 1.82) is 0 Å². The molecule has 43 valence electrons.